The van der Waals surface area contributed by atoms with Crippen LogP contribution >= 0.6 is 0 Å². The van der Waals surface area contributed by atoms with Crippen molar-refractivity contribution in [2.24, 2.45) is 4.99 Å². The molecule has 2 N–H and O–H groups in total. The molecule has 176 valence electrons. The third-order valence-electron chi connectivity index (χ3n) is 6.30. The van der Waals surface area contributed by atoms with E-state index in [1.54, 1.807) is 24.7 Å². The molecule has 1 fully saturated rings. The molecule has 0 spiro atoms. The quantitative estimate of drug-likeness (QED) is 0.429. The van der Waals surface area contributed by atoms with Crippen molar-refractivity contribution in [1.29, 1.82) is 0 Å². The molecule has 1 saturated heterocycles. The Labute approximate surface area is 203 Å². The first-order valence-electron chi connectivity index (χ1n) is 11.6. The standard InChI is InChI=1S/C28H27N5O2/c1-32-14-16-33(17-15-32)23-7-5-22(6-8-23)30-19-26-25-18-21(3-2-20-10-12-29-13-11-20)4-9-24(25)27(34)31-28(26)35/h2-13,18-19H,14-17H2,1H3,(H2,31,34,35)/b3-2+,30-19?. The Kier molecular flexibility index (Phi) is 6.41. The molecule has 35 heavy (non-hydrogen) atoms. The van der Waals surface area contributed by atoms with E-state index in [9.17, 15) is 9.90 Å². The van der Waals surface area contributed by atoms with Gasteiger partial charge in [0.1, 0.15) is 0 Å². The largest absolute Gasteiger partial charge is 0.494 e. The first kappa shape index (κ1) is 22.6. The minimum Gasteiger partial charge on any atom is -0.494 e. The summed E-state index contributed by atoms with van der Waals surface area (Å²) in [5, 5.41) is 11.7. The molecule has 0 amide bonds. The molecule has 1 aliphatic rings. The number of likely N-dealkylation sites (N-methyl/N-ethyl adjacent to an activating group) is 1. The number of piperazine rings is 1. The Morgan fingerprint density at radius 1 is 0.914 bits per heavy atom. The average Bonchev–Trinajstić information content (AvgIpc) is 2.89. The highest BCUT2D eigenvalue weighted by Crippen LogP contribution is 2.25. The van der Waals surface area contributed by atoms with Crippen molar-refractivity contribution >= 4 is 40.5 Å². The number of anilines is 1. The van der Waals surface area contributed by atoms with E-state index in [2.05, 4.69) is 43.9 Å². The zero-order chi connectivity index (χ0) is 24.2. The van der Waals surface area contributed by atoms with Crippen molar-refractivity contribution < 1.29 is 5.11 Å². The molecule has 1 aliphatic heterocycles. The van der Waals surface area contributed by atoms with Gasteiger partial charge in [0.2, 0.25) is 5.88 Å². The Hall–Kier alpha value is -4.23. The molecule has 0 bridgehead atoms. The summed E-state index contributed by atoms with van der Waals surface area (Å²) in [6.07, 6.45) is 9.03. The van der Waals surface area contributed by atoms with Crippen LogP contribution in [0.2, 0.25) is 0 Å². The molecule has 2 aromatic heterocycles. The Balaban J connectivity index is 1.43. The van der Waals surface area contributed by atoms with Crippen LogP contribution in [0.15, 0.2) is 76.8 Å². The van der Waals surface area contributed by atoms with Crippen molar-refractivity contribution in [3.05, 3.63) is 94.0 Å². The van der Waals surface area contributed by atoms with Gasteiger partial charge in [0.25, 0.3) is 5.56 Å². The number of pyridine rings is 2. The second kappa shape index (κ2) is 9.95. The van der Waals surface area contributed by atoms with Crippen LogP contribution in [0.25, 0.3) is 22.9 Å². The number of aromatic nitrogens is 2. The van der Waals surface area contributed by atoms with Crippen LogP contribution in [0.4, 0.5) is 11.4 Å². The first-order valence-corrected chi connectivity index (χ1v) is 11.6. The van der Waals surface area contributed by atoms with Crippen LogP contribution in [0.5, 0.6) is 5.88 Å². The van der Waals surface area contributed by atoms with Crippen LogP contribution in [-0.4, -0.2) is 59.4 Å². The van der Waals surface area contributed by atoms with E-state index >= 15 is 0 Å². The third-order valence-corrected chi connectivity index (χ3v) is 6.30. The van der Waals surface area contributed by atoms with Crippen molar-refractivity contribution in [1.82, 2.24) is 14.9 Å². The number of H-pyrrole nitrogens is 1. The number of benzene rings is 2. The number of hydrogen-bond acceptors (Lipinski definition) is 6. The Bertz CT molecular complexity index is 1430. The molecule has 7 nitrogen and oxygen atoms in total. The molecule has 0 atom stereocenters. The van der Waals surface area contributed by atoms with E-state index in [4.69, 9.17) is 0 Å². The molecule has 3 heterocycles. The van der Waals surface area contributed by atoms with Gasteiger partial charge in [0.15, 0.2) is 0 Å². The monoisotopic (exact) mass is 465 g/mol. The fourth-order valence-electron chi connectivity index (χ4n) is 4.21. The molecule has 2 aromatic carbocycles. The van der Waals surface area contributed by atoms with E-state index in [1.807, 2.05) is 48.6 Å². The predicted molar refractivity (Wildman–Crippen MR) is 143 cm³/mol. The second-order valence-corrected chi connectivity index (χ2v) is 8.70. The van der Waals surface area contributed by atoms with Gasteiger partial charge in [-0.2, -0.15) is 0 Å². The summed E-state index contributed by atoms with van der Waals surface area (Å²) in [4.78, 5) is 28.3. The highest BCUT2D eigenvalue weighted by molar-refractivity contribution is 6.02. The summed E-state index contributed by atoms with van der Waals surface area (Å²) >= 11 is 0. The van der Waals surface area contributed by atoms with Crippen molar-refractivity contribution in [2.75, 3.05) is 38.1 Å². The summed E-state index contributed by atoms with van der Waals surface area (Å²) in [7, 11) is 2.14. The average molecular weight is 466 g/mol. The summed E-state index contributed by atoms with van der Waals surface area (Å²) in [5.41, 5.74) is 4.02. The van der Waals surface area contributed by atoms with Crippen molar-refractivity contribution in [2.45, 2.75) is 0 Å². The molecule has 0 aliphatic carbocycles. The predicted octanol–water partition coefficient (Wildman–Crippen LogP) is 4.30. The fraction of sp³-hybridized carbons (Fsp3) is 0.179. The smallest absolute Gasteiger partial charge is 0.258 e. The van der Waals surface area contributed by atoms with Gasteiger partial charge < -0.3 is 14.9 Å². The Morgan fingerprint density at radius 3 is 2.37 bits per heavy atom. The number of aromatic hydroxyl groups is 1. The summed E-state index contributed by atoms with van der Waals surface area (Å²) in [6, 6.07) is 17.5. The number of nitrogens with one attached hydrogen (secondary N) is 1. The topological polar surface area (TPSA) is 84.8 Å². The van der Waals surface area contributed by atoms with Crippen molar-refractivity contribution in [3.8, 4) is 5.88 Å². The second-order valence-electron chi connectivity index (χ2n) is 8.70. The van der Waals surface area contributed by atoms with Crippen LogP contribution in [0, 0.1) is 0 Å². The number of hydrogen-bond donors (Lipinski definition) is 2. The summed E-state index contributed by atoms with van der Waals surface area (Å²) < 4.78 is 0. The molecule has 5 rings (SSSR count). The molecule has 7 heteroatoms. The lowest BCUT2D eigenvalue weighted by Crippen LogP contribution is -2.44. The van der Waals surface area contributed by atoms with Crippen LogP contribution in [-0.2, 0) is 0 Å². The maximum atomic E-state index is 12.4. The maximum absolute atomic E-state index is 12.4. The van der Waals surface area contributed by atoms with E-state index in [0.29, 0.717) is 16.3 Å². The Morgan fingerprint density at radius 2 is 1.63 bits per heavy atom. The zero-order valence-corrected chi connectivity index (χ0v) is 19.6. The lowest BCUT2D eigenvalue weighted by Gasteiger charge is -2.34. The van der Waals surface area contributed by atoms with E-state index in [0.717, 1.165) is 43.0 Å². The van der Waals surface area contributed by atoms with E-state index in [1.165, 1.54) is 5.69 Å². The highest BCUT2D eigenvalue weighted by atomic mass is 16.3. The summed E-state index contributed by atoms with van der Waals surface area (Å²) in [6.45, 7) is 4.12. The zero-order valence-electron chi connectivity index (χ0n) is 19.6. The van der Waals surface area contributed by atoms with Gasteiger partial charge in [-0.15, -0.1) is 0 Å². The molecule has 0 saturated carbocycles. The van der Waals surface area contributed by atoms with Crippen LogP contribution < -0.4 is 10.5 Å². The fourth-order valence-corrected chi connectivity index (χ4v) is 4.21. The molecule has 0 unspecified atom stereocenters. The molecule has 0 radical (unpaired) electrons. The molecule has 4 aromatic rings. The van der Waals surface area contributed by atoms with Gasteiger partial charge in [-0.3, -0.25) is 19.8 Å². The van der Waals surface area contributed by atoms with E-state index in [-0.39, 0.29) is 11.4 Å². The molecular formula is C28H27N5O2. The SMILES string of the molecule is CN1CCN(c2ccc(N=Cc3c(O)[nH]c(=O)c4ccc(/C=C/c5ccncc5)cc34)cc2)CC1. The van der Waals surface area contributed by atoms with Gasteiger partial charge in [0, 0.05) is 61.2 Å². The van der Waals surface area contributed by atoms with Gasteiger partial charge >= 0.3 is 0 Å². The number of aliphatic imine (C=N–C) groups is 1. The number of rotatable bonds is 5. The van der Waals surface area contributed by atoms with E-state index < -0.39 is 0 Å². The third kappa shape index (κ3) is 5.15. The van der Waals surface area contributed by atoms with Crippen LogP contribution in [0.1, 0.15) is 16.7 Å². The lowest BCUT2D eigenvalue weighted by atomic mass is 10.0. The van der Waals surface area contributed by atoms with Gasteiger partial charge in [0.05, 0.1) is 11.3 Å². The first-order chi connectivity index (χ1) is 17.1. The number of aromatic amines is 1. The summed E-state index contributed by atoms with van der Waals surface area (Å²) in [5.74, 6) is -0.199. The molecular weight excluding hydrogens is 438 g/mol. The van der Waals surface area contributed by atoms with Crippen molar-refractivity contribution in [3.63, 3.8) is 0 Å². The number of nitrogens with zero attached hydrogens (tertiary/aromatic N) is 4. The maximum Gasteiger partial charge on any atom is 0.258 e. The van der Waals surface area contributed by atoms with Gasteiger partial charge in [-0.1, -0.05) is 18.2 Å². The number of fused-ring (bicyclic) bond motifs is 1. The highest BCUT2D eigenvalue weighted by Gasteiger charge is 2.14. The van der Waals surface area contributed by atoms with Gasteiger partial charge in [-0.05, 0) is 66.7 Å². The normalized spacial score (nSPS) is 14.9. The minimum atomic E-state index is -0.337. The minimum absolute atomic E-state index is 0.199. The van der Waals surface area contributed by atoms with Gasteiger partial charge in [-0.25, -0.2) is 0 Å². The lowest BCUT2D eigenvalue weighted by molar-refractivity contribution is 0.313. The van der Waals surface area contributed by atoms with Crippen LogP contribution in [0.3, 0.4) is 0 Å².